The molecule has 2 amide bonds. The van der Waals surface area contributed by atoms with Gasteiger partial charge in [0.25, 0.3) is 5.91 Å². The number of carbonyl (C=O) groups is 2. The van der Waals surface area contributed by atoms with Gasteiger partial charge in [0.1, 0.15) is 11.2 Å². The van der Waals surface area contributed by atoms with E-state index < -0.39 is 0 Å². The second kappa shape index (κ2) is 8.34. The molecule has 0 saturated heterocycles. The minimum absolute atomic E-state index is 0.118. The van der Waals surface area contributed by atoms with Crippen LogP contribution in [0.4, 0.5) is 11.5 Å². The quantitative estimate of drug-likeness (QED) is 0.772. The number of nitrogens with zero attached hydrogens (tertiary/aromatic N) is 3. The molecule has 9 heteroatoms. The van der Waals surface area contributed by atoms with Crippen molar-refractivity contribution in [2.75, 3.05) is 24.2 Å². The average molecular weight is 348 g/mol. The van der Waals surface area contributed by atoms with Crippen LogP contribution in [0.1, 0.15) is 34.2 Å². The Bertz CT molecular complexity index is 731. The molecule has 1 aliphatic rings. The maximum absolute atomic E-state index is 11.5. The molecule has 3 N–H and O–H groups in total. The highest BCUT2D eigenvalue weighted by Gasteiger charge is 2.19. The van der Waals surface area contributed by atoms with Crippen molar-refractivity contribution < 1.29 is 9.59 Å². The summed E-state index contributed by atoms with van der Waals surface area (Å²) in [5.41, 5.74) is 1.58. The molecule has 0 spiro atoms. The number of rotatable bonds is 4. The molecule has 0 fully saturated rings. The van der Waals surface area contributed by atoms with Crippen molar-refractivity contribution in [3.05, 3.63) is 28.1 Å². The number of aryl methyl sites for hydroxylation is 2. The van der Waals surface area contributed by atoms with Gasteiger partial charge in [0.15, 0.2) is 5.82 Å². The molecule has 0 unspecified atom stereocenters. The van der Waals surface area contributed by atoms with E-state index in [1.165, 1.54) is 17.7 Å². The molecule has 0 radical (unpaired) electrons. The van der Waals surface area contributed by atoms with E-state index >= 15 is 0 Å². The zero-order valence-electron chi connectivity index (χ0n) is 13.8. The van der Waals surface area contributed by atoms with Gasteiger partial charge in [-0.05, 0) is 6.42 Å². The molecule has 3 heterocycles. The van der Waals surface area contributed by atoms with Crippen molar-refractivity contribution in [2.45, 2.75) is 26.7 Å². The summed E-state index contributed by atoms with van der Waals surface area (Å²) in [6.45, 7) is 4.21. The minimum atomic E-state index is -0.132. The van der Waals surface area contributed by atoms with Crippen molar-refractivity contribution in [2.24, 2.45) is 0 Å². The number of carbonyl (C=O) groups excluding carboxylic acids is 2. The van der Waals surface area contributed by atoms with Crippen LogP contribution in [0.25, 0.3) is 0 Å². The topological polar surface area (TPSA) is 109 Å². The normalized spacial score (nSPS) is 12.2. The van der Waals surface area contributed by atoms with Crippen LogP contribution in [0.5, 0.6) is 0 Å². The highest BCUT2D eigenvalue weighted by atomic mass is 32.1. The van der Waals surface area contributed by atoms with Gasteiger partial charge in [0.05, 0.1) is 29.1 Å². The van der Waals surface area contributed by atoms with Gasteiger partial charge < -0.3 is 16.0 Å². The van der Waals surface area contributed by atoms with Gasteiger partial charge in [-0.15, -0.1) is 11.3 Å². The predicted molar refractivity (Wildman–Crippen MR) is 93.4 cm³/mol. The van der Waals surface area contributed by atoms with Gasteiger partial charge in [-0.1, -0.05) is 13.8 Å². The summed E-state index contributed by atoms with van der Waals surface area (Å²) in [6.07, 6.45) is 4.32. The number of hydrogen-bond donors (Lipinski definition) is 3. The molecular weight excluding hydrogens is 328 g/mol. The van der Waals surface area contributed by atoms with Crippen molar-refractivity contribution in [1.82, 2.24) is 20.3 Å². The van der Waals surface area contributed by atoms with Gasteiger partial charge in [-0.2, -0.15) is 0 Å². The van der Waals surface area contributed by atoms with E-state index in [2.05, 4.69) is 30.9 Å². The first-order valence-electron chi connectivity index (χ1n) is 7.71. The number of fused-ring (bicyclic) bond motifs is 1. The summed E-state index contributed by atoms with van der Waals surface area (Å²) in [4.78, 5) is 36.0. The summed E-state index contributed by atoms with van der Waals surface area (Å²) >= 11 is 1.37. The number of aromatic nitrogens is 3. The zero-order chi connectivity index (χ0) is 17.5. The minimum Gasteiger partial charge on any atom is -0.372 e. The molecule has 3 rings (SSSR count). The third-order valence-corrected chi connectivity index (χ3v) is 4.25. The molecule has 2 aromatic heterocycles. The zero-order valence-corrected chi connectivity index (χ0v) is 14.7. The molecule has 0 saturated carbocycles. The first-order valence-corrected chi connectivity index (χ1v) is 8.53. The van der Waals surface area contributed by atoms with E-state index in [4.69, 9.17) is 0 Å². The SMILES string of the molecule is CC.CNC(=O)c1cnc(CCc2ncnc3c2NCC(=O)N3)s1. The van der Waals surface area contributed by atoms with Crippen LogP contribution < -0.4 is 16.0 Å². The fraction of sp³-hybridized carbons (Fsp3) is 0.400. The number of anilines is 2. The monoisotopic (exact) mass is 348 g/mol. The largest absolute Gasteiger partial charge is 0.372 e. The fourth-order valence-corrected chi connectivity index (χ4v) is 2.98. The standard InChI is InChI=1S/C13H14N6O2S.C2H6/c1-14-13(21)8-4-15-10(22-8)3-2-7-11-12(18-6-17-7)19-9(20)5-16-11;1-2/h4,6,16H,2-3,5H2,1H3,(H,14,21)(H,17,18,19,20);1-2H3. The van der Waals surface area contributed by atoms with Crippen LogP contribution >= 0.6 is 11.3 Å². The van der Waals surface area contributed by atoms with Crippen molar-refractivity contribution in [3.63, 3.8) is 0 Å². The first-order chi connectivity index (χ1) is 11.7. The highest BCUT2D eigenvalue weighted by Crippen LogP contribution is 2.26. The van der Waals surface area contributed by atoms with Gasteiger partial charge in [0.2, 0.25) is 5.91 Å². The van der Waals surface area contributed by atoms with Crippen molar-refractivity contribution in [1.29, 1.82) is 0 Å². The van der Waals surface area contributed by atoms with E-state index in [-0.39, 0.29) is 18.4 Å². The number of hydrogen-bond acceptors (Lipinski definition) is 7. The molecule has 0 bridgehead atoms. The van der Waals surface area contributed by atoms with E-state index in [1.807, 2.05) is 13.8 Å². The first kappa shape index (κ1) is 17.8. The van der Waals surface area contributed by atoms with Crippen LogP contribution in [0, 0.1) is 0 Å². The van der Waals surface area contributed by atoms with Gasteiger partial charge in [0, 0.05) is 13.5 Å². The Hall–Kier alpha value is -2.55. The van der Waals surface area contributed by atoms with E-state index in [0.29, 0.717) is 23.5 Å². The highest BCUT2D eigenvalue weighted by molar-refractivity contribution is 7.13. The van der Waals surface area contributed by atoms with Crippen molar-refractivity contribution in [3.8, 4) is 0 Å². The van der Waals surface area contributed by atoms with Gasteiger partial charge in [-0.3, -0.25) is 9.59 Å². The van der Waals surface area contributed by atoms with E-state index in [1.54, 1.807) is 13.2 Å². The lowest BCUT2D eigenvalue weighted by Crippen LogP contribution is -2.29. The van der Waals surface area contributed by atoms with E-state index in [0.717, 1.165) is 16.4 Å². The van der Waals surface area contributed by atoms with Gasteiger partial charge >= 0.3 is 0 Å². The molecule has 128 valence electrons. The lowest BCUT2D eigenvalue weighted by atomic mass is 10.2. The molecule has 8 nitrogen and oxygen atoms in total. The van der Waals surface area contributed by atoms with Crippen LogP contribution in [0.2, 0.25) is 0 Å². The summed E-state index contributed by atoms with van der Waals surface area (Å²) in [6, 6.07) is 0. The second-order valence-corrected chi connectivity index (χ2v) is 5.76. The molecule has 0 aliphatic carbocycles. The molecule has 0 atom stereocenters. The third-order valence-electron chi connectivity index (χ3n) is 3.19. The third kappa shape index (κ3) is 4.05. The van der Waals surface area contributed by atoms with Crippen molar-refractivity contribution >= 4 is 34.7 Å². The Kier molecular flexibility index (Phi) is 6.19. The number of amides is 2. The molecule has 1 aliphatic heterocycles. The van der Waals surface area contributed by atoms with E-state index in [9.17, 15) is 9.59 Å². The summed E-state index contributed by atoms with van der Waals surface area (Å²) in [5.74, 6) is 0.256. The number of thiazole rings is 1. The Morgan fingerprint density at radius 1 is 1.29 bits per heavy atom. The molecule has 0 aromatic carbocycles. The fourth-order valence-electron chi connectivity index (χ4n) is 2.12. The predicted octanol–water partition coefficient (Wildman–Crippen LogP) is 1.47. The van der Waals surface area contributed by atoms with Crippen LogP contribution in [0.15, 0.2) is 12.5 Å². The summed E-state index contributed by atoms with van der Waals surface area (Å²) < 4.78 is 0. The second-order valence-electron chi connectivity index (χ2n) is 4.64. The summed E-state index contributed by atoms with van der Waals surface area (Å²) in [5, 5.41) is 9.18. The Labute approximate surface area is 144 Å². The molecule has 24 heavy (non-hydrogen) atoms. The van der Waals surface area contributed by atoms with Gasteiger partial charge in [-0.25, -0.2) is 15.0 Å². The Balaban J connectivity index is 0.00000100. The maximum Gasteiger partial charge on any atom is 0.262 e. The van der Waals surface area contributed by atoms with Crippen LogP contribution in [-0.4, -0.2) is 40.4 Å². The molecular formula is C15H20N6O2S. The Morgan fingerprint density at radius 2 is 2.08 bits per heavy atom. The smallest absolute Gasteiger partial charge is 0.262 e. The number of nitrogens with one attached hydrogen (secondary N) is 3. The lowest BCUT2D eigenvalue weighted by Gasteiger charge is -2.19. The average Bonchev–Trinajstić information content (AvgIpc) is 3.09. The Morgan fingerprint density at radius 3 is 2.83 bits per heavy atom. The van der Waals surface area contributed by atoms with Crippen LogP contribution in [-0.2, 0) is 17.6 Å². The summed E-state index contributed by atoms with van der Waals surface area (Å²) in [7, 11) is 1.59. The lowest BCUT2D eigenvalue weighted by molar-refractivity contribution is -0.114. The van der Waals surface area contributed by atoms with Crippen LogP contribution in [0.3, 0.4) is 0 Å². The maximum atomic E-state index is 11.5. The molecule has 2 aromatic rings.